The number of aryl methyl sites for hydroxylation is 2. The quantitative estimate of drug-likeness (QED) is 0.230. The van der Waals surface area contributed by atoms with E-state index in [1.54, 1.807) is 48.1 Å². The van der Waals surface area contributed by atoms with E-state index in [1.807, 2.05) is 43.3 Å². The number of hydrogen-bond donors (Lipinski definition) is 2. The molecule has 2 N–H and O–H groups in total. The first-order chi connectivity index (χ1) is 20.1. The second-order valence-corrected chi connectivity index (χ2v) is 9.74. The molecule has 212 valence electrons. The van der Waals surface area contributed by atoms with Gasteiger partial charge < -0.3 is 15.2 Å². The second-order valence-electron chi connectivity index (χ2n) is 9.74. The highest BCUT2D eigenvalue weighted by molar-refractivity contribution is 6.09. The Labute approximate surface area is 240 Å². The summed E-state index contributed by atoms with van der Waals surface area (Å²) in [6, 6.07) is 24.3. The Morgan fingerprint density at radius 1 is 0.833 bits per heavy atom. The van der Waals surface area contributed by atoms with Crippen LogP contribution in [0.25, 0.3) is 22.4 Å². The lowest BCUT2D eigenvalue weighted by Gasteiger charge is -2.11. The molecule has 0 saturated carbocycles. The van der Waals surface area contributed by atoms with Gasteiger partial charge in [0, 0.05) is 30.9 Å². The largest absolute Gasteiger partial charge is 0.416 e. The molecule has 42 heavy (non-hydrogen) atoms. The summed E-state index contributed by atoms with van der Waals surface area (Å²) in [5.74, 6) is -0.780. The highest BCUT2D eigenvalue weighted by Gasteiger charge is 2.30. The van der Waals surface area contributed by atoms with Gasteiger partial charge in [0.15, 0.2) is 0 Å². The van der Waals surface area contributed by atoms with Crippen LogP contribution in [0.1, 0.15) is 37.7 Å². The normalized spacial score (nSPS) is 11.3. The number of hydrogen-bond acceptors (Lipinski definition) is 4. The molecule has 0 unspecified atom stereocenters. The van der Waals surface area contributed by atoms with Crippen molar-refractivity contribution in [2.45, 2.75) is 19.6 Å². The monoisotopic (exact) mass is 569 g/mol. The molecular formula is C32H26F3N5O2. The molecule has 0 atom stereocenters. The lowest BCUT2D eigenvalue weighted by Crippen LogP contribution is -2.24. The molecule has 7 nitrogen and oxygen atoms in total. The average molecular weight is 570 g/mol. The van der Waals surface area contributed by atoms with Gasteiger partial charge in [-0.1, -0.05) is 54.6 Å². The lowest BCUT2D eigenvalue weighted by atomic mass is 9.98. The minimum Gasteiger partial charge on any atom is -0.347 e. The molecule has 2 amide bonds. The van der Waals surface area contributed by atoms with Crippen LogP contribution in [0.3, 0.4) is 0 Å². The lowest BCUT2D eigenvalue weighted by molar-refractivity contribution is -0.137. The van der Waals surface area contributed by atoms with E-state index < -0.39 is 17.6 Å². The second kappa shape index (κ2) is 11.7. The van der Waals surface area contributed by atoms with Crippen LogP contribution in [-0.4, -0.2) is 26.6 Å². The molecule has 0 radical (unpaired) electrons. The van der Waals surface area contributed by atoms with Gasteiger partial charge in [-0.05, 0) is 60.0 Å². The van der Waals surface area contributed by atoms with Crippen molar-refractivity contribution in [1.29, 1.82) is 0 Å². The van der Waals surface area contributed by atoms with Crippen molar-refractivity contribution in [1.82, 2.24) is 20.1 Å². The van der Waals surface area contributed by atoms with E-state index in [2.05, 4.69) is 20.8 Å². The SMILES string of the molecule is Cc1ccc(-c2ccc(CNC(=O)c3cc(NC(=O)c4ccccc4-c4ccc(C(F)(F)F)cc4)cn3C)cc2)nn1. The molecule has 0 aliphatic rings. The maximum absolute atomic E-state index is 13.2. The summed E-state index contributed by atoms with van der Waals surface area (Å²) in [5, 5.41) is 13.9. The Morgan fingerprint density at radius 3 is 2.19 bits per heavy atom. The number of carbonyl (C=O) groups excluding carboxylic acids is 2. The Bertz CT molecular complexity index is 1730. The first-order valence-corrected chi connectivity index (χ1v) is 13.0. The van der Waals surface area contributed by atoms with Crippen molar-refractivity contribution in [3.63, 3.8) is 0 Å². The summed E-state index contributed by atoms with van der Waals surface area (Å²) in [6.45, 7) is 2.17. The fraction of sp³-hybridized carbons (Fsp3) is 0.125. The summed E-state index contributed by atoms with van der Waals surface area (Å²) in [6.07, 6.45) is -2.83. The molecule has 3 aromatic carbocycles. The molecule has 0 saturated heterocycles. The topological polar surface area (TPSA) is 88.9 Å². The van der Waals surface area contributed by atoms with Crippen molar-refractivity contribution < 1.29 is 22.8 Å². The molecule has 0 aliphatic carbocycles. The molecule has 0 aliphatic heterocycles. The van der Waals surface area contributed by atoms with Gasteiger partial charge in [-0.15, -0.1) is 0 Å². The van der Waals surface area contributed by atoms with Crippen LogP contribution < -0.4 is 10.6 Å². The number of benzene rings is 3. The van der Waals surface area contributed by atoms with E-state index >= 15 is 0 Å². The molecule has 2 aromatic heterocycles. The fourth-order valence-corrected chi connectivity index (χ4v) is 4.45. The first-order valence-electron chi connectivity index (χ1n) is 13.0. The van der Waals surface area contributed by atoms with Crippen molar-refractivity contribution in [3.8, 4) is 22.4 Å². The molecule has 0 fully saturated rings. The molecular weight excluding hydrogens is 543 g/mol. The summed E-state index contributed by atoms with van der Waals surface area (Å²) < 4.78 is 40.6. The number of anilines is 1. The predicted octanol–water partition coefficient (Wildman–Crippen LogP) is 6.66. The number of rotatable bonds is 7. The number of halogens is 3. The number of carbonyl (C=O) groups is 2. The van der Waals surface area contributed by atoms with Crippen LogP contribution in [0.15, 0.2) is 97.2 Å². The predicted molar refractivity (Wildman–Crippen MR) is 154 cm³/mol. The maximum atomic E-state index is 13.2. The van der Waals surface area contributed by atoms with Crippen LogP contribution >= 0.6 is 0 Å². The van der Waals surface area contributed by atoms with E-state index in [9.17, 15) is 22.8 Å². The van der Waals surface area contributed by atoms with Gasteiger partial charge in [-0.3, -0.25) is 9.59 Å². The van der Waals surface area contributed by atoms with Crippen LogP contribution in [-0.2, 0) is 19.8 Å². The van der Waals surface area contributed by atoms with Crippen LogP contribution in [0, 0.1) is 6.92 Å². The smallest absolute Gasteiger partial charge is 0.347 e. The Hall–Kier alpha value is -5.25. The van der Waals surface area contributed by atoms with Gasteiger partial charge in [-0.2, -0.15) is 23.4 Å². The number of nitrogens with zero attached hydrogens (tertiary/aromatic N) is 3. The van der Waals surface area contributed by atoms with Gasteiger partial charge in [0.25, 0.3) is 11.8 Å². The van der Waals surface area contributed by atoms with Crippen molar-refractivity contribution in [2.24, 2.45) is 7.05 Å². The van der Waals surface area contributed by atoms with Gasteiger partial charge in [0.1, 0.15) is 5.69 Å². The summed E-state index contributed by atoms with van der Waals surface area (Å²) in [5.41, 5.74) is 4.63. The average Bonchev–Trinajstić information content (AvgIpc) is 3.36. The standard InChI is InChI=1S/C32H26F3N5O2/c1-20-7-16-28(39-38-20)23-10-8-21(9-11-23)18-36-31(42)29-17-25(19-40(29)2)37-30(41)27-6-4-3-5-26(27)22-12-14-24(15-13-22)32(33,34)35/h3-17,19H,18H2,1-2H3,(H,36,42)(H,37,41). The summed E-state index contributed by atoms with van der Waals surface area (Å²) in [7, 11) is 1.69. The van der Waals surface area contributed by atoms with E-state index in [4.69, 9.17) is 0 Å². The van der Waals surface area contributed by atoms with Gasteiger partial charge in [-0.25, -0.2) is 0 Å². The molecule has 2 heterocycles. The highest BCUT2D eigenvalue weighted by atomic mass is 19.4. The highest BCUT2D eigenvalue weighted by Crippen LogP contribution is 2.32. The number of amides is 2. The third kappa shape index (κ3) is 6.38. The van der Waals surface area contributed by atoms with Crippen molar-refractivity contribution in [3.05, 3.63) is 125 Å². The molecule has 0 bridgehead atoms. The van der Waals surface area contributed by atoms with E-state index in [-0.39, 0.29) is 11.5 Å². The number of nitrogens with one attached hydrogen (secondary N) is 2. The maximum Gasteiger partial charge on any atom is 0.416 e. The Balaban J connectivity index is 1.24. The Kier molecular flexibility index (Phi) is 7.88. The number of alkyl halides is 3. The van der Waals surface area contributed by atoms with Crippen LogP contribution in [0.4, 0.5) is 18.9 Å². The Morgan fingerprint density at radius 2 is 1.52 bits per heavy atom. The molecule has 5 aromatic rings. The van der Waals surface area contributed by atoms with Crippen LogP contribution in [0.5, 0.6) is 0 Å². The van der Waals surface area contributed by atoms with Crippen molar-refractivity contribution >= 4 is 17.5 Å². The summed E-state index contributed by atoms with van der Waals surface area (Å²) in [4.78, 5) is 26.1. The number of aromatic nitrogens is 3. The third-order valence-electron chi connectivity index (χ3n) is 6.69. The zero-order valence-electron chi connectivity index (χ0n) is 22.7. The zero-order chi connectivity index (χ0) is 29.9. The van der Waals surface area contributed by atoms with E-state index in [0.29, 0.717) is 29.1 Å². The fourth-order valence-electron chi connectivity index (χ4n) is 4.45. The first kappa shape index (κ1) is 28.3. The van der Waals surface area contributed by atoms with Crippen molar-refractivity contribution in [2.75, 3.05) is 5.32 Å². The minimum atomic E-state index is -4.45. The van der Waals surface area contributed by atoms with E-state index in [0.717, 1.165) is 34.6 Å². The van der Waals surface area contributed by atoms with Gasteiger partial charge in [0.05, 0.1) is 22.6 Å². The van der Waals surface area contributed by atoms with E-state index in [1.165, 1.54) is 12.1 Å². The molecule has 0 spiro atoms. The molecule has 10 heteroatoms. The van der Waals surface area contributed by atoms with Gasteiger partial charge >= 0.3 is 6.18 Å². The zero-order valence-corrected chi connectivity index (χ0v) is 22.7. The minimum absolute atomic E-state index is 0.284. The van der Waals surface area contributed by atoms with Gasteiger partial charge in [0.2, 0.25) is 0 Å². The van der Waals surface area contributed by atoms with Crippen LogP contribution in [0.2, 0.25) is 0 Å². The molecule has 5 rings (SSSR count). The third-order valence-corrected chi connectivity index (χ3v) is 6.69. The summed E-state index contributed by atoms with van der Waals surface area (Å²) >= 11 is 0.